The molecular formula is C13H20N2O. The number of benzene rings is 1. The molecule has 1 aliphatic rings. The number of ether oxygens (including phenoxy) is 1. The second kappa shape index (κ2) is 4.44. The average molecular weight is 220 g/mol. The number of nitrogens with zero attached hydrogens (tertiary/aromatic N) is 1. The molecule has 3 nitrogen and oxygen atoms in total. The molecule has 1 heterocycles. The molecule has 0 amide bonds. The van der Waals surface area contributed by atoms with Gasteiger partial charge in [0.2, 0.25) is 0 Å². The molecule has 0 aromatic heterocycles. The van der Waals surface area contributed by atoms with E-state index in [0.29, 0.717) is 6.61 Å². The van der Waals surface area contributed by atoms with Crippen LogP contribution in [-0.2, 0) is 4.74 Å². The van der Waals surface area contributed by atoms with Crippen LogP contribution in [0.4, 0.5) is 5.69 Å². The summed E-state index contributed by atoms with van der Waals surface area (Å²) in [5, 5.41) is 0. The third kappa shape index (κ3) is 2.20. The van der Waals surface area contributed by atoms with E-state index in [0.717, 1.165) is 13.2 Å². The molecule has 2 atom stereocenters. The Hall–Kier alpha value is -1.06. The van der Waals surface area contributed by atoms with Gasteiger partial charge in [0.05, 0.1) is 13.2 Å². The van der Waals surface area contributed by atoms with Crippen molar-refractivity contribution in [2.45, 2.75) is 13.0 Å². The highest BCUT2D eigenvalue weighted by Gasteiger charge is 2.38. The van der Waals surface area contributed by atoms with Gasteiger partial charge in [-0.1, -0.05) is 25.1 Å². The largest absolute Gasteiger partial charge is 0.379 e. The molecule has 0 saturated carbocycles. The Labute approximate surface area is 97.2 Å². The minimum absolute atomic E-state index is 0.0601. The standard InChI is InChI=1S/C13H20N2O/c1-13(10-16-8-12(13)14)9-15(2)11-6-4-3-5-7-11/h3-7,12H,8-10,14H2,1-2H3. The van der Waals surface area contributed by atoms with Crippen LogP contribution in [-0.4, -0.2) is 32.8 Å². The summed E-state index contributed by atoms with van der Waals surface area (Å²) in [6, 6.07) is 10.5. The van der Waals surface area contributed by atoms with Crippen molar-refractivity contribution in [3.63, 3.8) is 0 Å². The van der Waals surface area contributed by atoms with Crippen LogP contribution in [0.3, 0.4) is 0 Å². The first-order chi connectivity index (χ1) is 7.62. The zero-order valence-electron chi connectivity index (χ0n) is 10.0. The van der Waals surface area contributed by atoms with Crippen LogP contribution in [0.2, 0.25) is 0 Å². The minimum atomic E-state index is 0.0601. The predicted molar refractivity (Wildman–Crippen MR) is 66.6 cm³/mol. The Morgan fingerprint density at radius 2 is 2.12 bits per heavy atom. The second-order valence-electron chi connectivity index (χ2n) is 4.97. The number of rotatable bonds is 3. The smallest absolute Gasteiger partial charge is 0.0624 e. The Morgan fingerprint density at radius 1 is 1.44 bits per heavy atom. The summed E-state index contributed by atoms with van der Waals surface area (Å²) in [5.41, 5.74) is 7.37. The normalized spacial score (nSPS) is 29.3. The first-order valence-electron chi connectivity index (χ1n) is 5.71. The van der Waals surface area contributed by atoms with Gasteiger partial charge in [-0.25, -0.2) is 0 Å². The molecular weight excluding hydrogens is 200 g/mol. The lowest BCUT2D eigenvalue weighted by Crippen LogP contribution is -2.46. The van der Waals surface area contributed by atoms with Crippen molar-refractivity contribution in [2.24, 2.45) is 11.1 Å². The molecule has 0 spiro atoms. The fraction of sp³-hybridized carbons (Fsp3) is 0.538. The fourth-order valence-electron chi connectivity index (χ4n) is 2.21. The van der Waals surface area contributed by atoms with Crippen molar-refractivity contribution in [3.05, 3.63) is 30.3 Å². The lowest BCUT2D eigenvalue weighted by Gasteiger charge is -2.33. The maximum absolute atomic E-state index is 6.09. The molecule has 0 radical (unpaired) electrons. The minimum Gasteiger partial charge on any atom is -0.379 e. The molecule has 1 aliphatic heterocycles. The SMILES string of the molecule is CN(CC1(C)COCC1N)c1ccccc1. The molecule has 2 rings (SSSR count). The summed E-state index contributed by atoms with van der Waals surface area (Å²) < 4.78 is 5.46. The van der Waals surface area contributed by atoms with Crippen LogP contribution in [0, 0.1) is 5.41 Å². The van der Waals surface area contributed by atoms with E-state index in [1.54, 1.807) is 0 Å². The van der Waals surface area contributed by atoms with E-state index >= 15 is 0 Å². The van der Waals surface area contributed by atoms with Crippen molar-refractivity contribution >= 4 is 5.69 Å². The topological polar surface area (TPSA) is 38.5 Å². The molecule has 0 bridgehead atoms. The van der Waals surface area contributed by atoms with Crippen molar-refractivity contribution in [3.8, 4) is 0 Å². The monoisotopic (exact) mass is 220 g/mol. The summed E-state index contributed by atoms with van der Waals surface area (Å²) in [4.78, 5) is 2.24. The molecule has 3 heteroatoms. The van der Waals surface area contributed by atoms with Gasteiger partial charge in [0, 0.05) is 30.7 Å². The van der Waals surface area contributed by atoms with E-state index in [2.05, 4.69) is 43.1 Å². The summed E-state index contributed by atoms with van der Waals surface area (Å²) >= 11 is 0. The van der Waals surface area contributed by atoms with Gasteiger partial charge >= 0.3 is 0 Å². The second-order valence-corrected chi connectivity index (χ2v) is 4.97. The zero-order chi connectivity index (χ0) is 11.6. The molecule has 1 aromatic carbocycles. The summed E-state index contributed by atoms with van der Waals surface area (Å²) in [6.45, 7) is 4.56. The molecule has 1 aromatic rings. The van der Waals surface area contributed by atoms with E-state index in [4.69, 9.17) is 10.5 Å². The first kappa shape index (κ1) is 11.4. The third-order valence-electron chi connectivity index (χ3n) is 3.42. The molecule has 1 saturated heterocycles. The van der Waals surface area contributed by atoms with Crippen molar-refractivity contribution in [1.29, 1.82) is 0 Å². The quantitative estimate of drug-likeness (QED) is 0.838. The number of para-hydroxylation sites is 1. The van der Waals surface area contributed by atoms with Gasteiger partial charge in [-0.15, -0.1) is 0 Å². The maximum atomic E-state index is 6.09. The Kier molecular flexibility index (Phi) is 3.17. The molecule has 88 valence electrons. The van der Waals surface area contributed by atoms with Gasteiger partial charge in [0.1, 0.15) is 0 Å². The van der Waals surface area contributed by atoms with Crippen LogP contribution in [0.1, 0.15) is 6.92 Å². The molecule has 2 N–H and O–H groups in total. The number of anilines is 1. The molecule has 2 unspecified atom stereocenters. The highest BCUT2D eigenvalue weighted by atomic mass is 16.5. The van der Waals surface area contributed by atoms with Gasteiger partial charge in [-0.05, 0) is 12.1 Å². The van der Waals surface area contributed by atoms with Gasteiger partial charge in [-0.2, -0.15) is 0 Å². The predicted octanol–water partition coefficient (Wildman–Crippen LogP) is 1.49. The summed E-state index contributed by atoms with van der Waals surface area (Å²) in [5.74, 6) is 0. The van der Waals surface area contributed by atoms with Crippen molar-refractivity contribution < 1.29 is 4.74 Å². The first-order valence-corrected chi connectivity index (χ1v) is 5.71. The summed E-state index contributed by atoms with van der Waals surface area (Å²) in [6.07, 6.45) is 0. The van der Waals surface area contributed by atoms with Gasteiger partial charge in [-0.3, -0.25) is 0 Å². The molecule has 1 fully saturated rings. The highest BCUT2D eigenvalue weighted by Crippen LogP contribution is 2.29. The van der Waals surface area contributed by atoms with Crippen LogP contribution in [0.15, 0.2) is 30.3 Å². The lowest BCUT2D eigenvalue weighted by molar-refractivity contribution is 0.162. The van der Waals surface area contributed by atoms with E-state index in [1.807, 2.05) is 6.07 Å². The molecule has 16 heavy (non-hydrogen) atoms. The number of nitrogens with two attached hydrogens (primary N) is 1. The van der Waals surface area contributed by atoms with Crippen LogP contribution >= 0.6 is 0 Å². The fourth-order valence-corrected chi connectivity index (χ4v) is 2.21. The summed E-state index contributed by atoms with van der Waals surface area (Å²) in [7, 11) is 2.10. The van der Waals surface area contributed by atoms with Gasteiger partial charge in [0.25, 0.3) is 0 Å². The van der Waals surface area contributed by atoms with E-state index in [-0.39, 0.29) is 11.5 Å². The lowest BCUT2D eigenvalue weighted by atomic mass is 9.85. The molecule has 0 aliphatic carbocycles. The average Bonchev–Trinajstić information content (AvgIpc) is 2.60. The van der Waals surface area contributed by atoms with Gasteiger partial charge in [0.15, 0.2) is 0 Å². The highest BCUT2D eigenvalue weighted by molar-refractivity contribution is 5.45. The van der Waals surface area contributed by atoms with Crippen molar-refractivity contribution in [2.75, 3.05) is 31.7 Å². The van der Waals surface area contributed by atoms with E-state index < -0.39 is 0 Å². The van der Waals surface area contributed by atoms with Crippen LogP contribution in [0.25, 0.3) is 0 Å². The van der Waals surface area contributed by atoms with E-state index in [1.165, 1.54) is 5.69 Å². The van der Waals surface area contributed by atoms with Crippen LogP contribution in [0.5, 0.6) is 0 Å². The zero-order valence-corrected chi connectivity index (χ0v) is 10.0. The van der Waals surface area contributed by atoms with Crippen molar-refractivity contribution in [1.82, 2.24) is 0 Å². The van der Waals surface area contributed by atoms with Gasteiger partial charge < -0.3 is 15.4 Å². The Bertz CT molecular complexity index is 341. The van der Waals surface area contributed by atoms with E-state index in [9.17, 15) is 0 Å². The number of hydrogen-bond donors (Lipinski definition) is 1. The van der Waals surface area contributed by atoms with Crippen LogP contribution < -0.4 is 10.6 Å². The Morgan fingerprint density at radius 3 is 2.69 bits per heavy atom. The maximum Gasteiger partial charge on any atom is 0.0624 e. The third-order valence-corrected chi connectivity index (χ3v) is 3.42. The number of hydrogen-bond acceptors (Lipinski definition) is 3. The Balaban J connectivity index is 2.05.